The number of nitrogens with one attached hydrogen (secondary N) is 1. The number of piperidine rings is 1. The molecule has 4 rings (SSSR count). The van der Waals surface area contributed by atoms with Crippen molar-refractivity contribution in [2.45, 2.75) is 94.0 Å². The second-order valence-corrected chi connectivity index (χ2v) is 13.8. The van der Waals surface area contributed by atoms with Gasteiger partial charge in [0.2, 0.25) is 5.91 Å². The lowest BCUT2D eigenvalue weighted by Crippen LogP contribution is -2.55. The third-order valence-corrected chi connectivity index (χ3v) is 11.6. The SMILES string of the molecule is N=C(N)C1CCC2C(N)C(C(=O)N3CCC(CCN)CC3)N(CCS(=O)(=O)C3CCCCC3)C2C1. The molecule has 0 radical (unpaired) electrons. The van der Waals surface area contributed by atoms with Crippen LogP contribution in [0.15, 0.2) is 0 Å². The fourth-order valence-electron chi connectivity index (χ4n) is 7.24. The van der Waals surface area contributed by atoms with E-state index >= 15 is 0 Å². The van der Waals surface area contributed by atoms with Crippen molar-refractivity contribution < 1.29 is 13.2 Å². The van der Waals surface area contributed by atoms with Crippen LogP contribution in [0.2, 0.25) is 0 Å². The van der Waals surface area contributed by atoms with Crippen LogP contribution in [0.5, 0.6) is 0 Å². The minimum atomic E-state index is -3.23. The van der Waals surface area contributed by atoms with E-state index < -0.39 is 15.9 Å². The van der Waals surface area contributed by atoms with Crippen LogP contribution in [0, 0.1) is 23.2 Å². The van der Waals surface area contributed by atoms with Crippen LogP contribution < -0.4 is 17.2 Å². The van der Waals surface area contributed by atoms with Gasteiger partial charge in [-0.2, -0.15) is 0 Å². The molecule has 0 aromatic heterocycles. The highest BCUT2D eigenvalue weighted by Crippen LogP contribution is 2.42. The lowest BCUT2D eigenvalue weighted by Gasteiger charge is -2.38. The number of likely N-dealkylation sites (tertiary alicyclic amines) is 2. The van der Waals surface area contributed by atoms with E-state index in [0.29, 0.717) is 38.5 Å². The van der Waals surface area contributed by atoms with Crippen molar-refractivity contribution in [1.82, 2.24) is 9.80 Å². The first-order valence-corrected chi connectivity index (χ1v) is 15.5. The Hall–Kier alpha value is -1.23. The Balaban J connectivity index is 1.51. The molecule has 2 heterocycles. The standard InChI is InChI=1S/C25H46N6O3S/c26-11-8-17-9-12-30(13-10-17)25(32)23-22(27)20-7-6-18(24(28)29)16-21(20)31(23)14-15-35(33,34)19-4-2-1-3-5-19/h17-23H,1-16,26-27H2,(H3,28,29). The number of amides is 1. The Morgan fingerprint density at radius 3 is 2.31 bits per heavy atom. The van der Waals surface area contributed by atoms with Gasteiger partial charge >= 0.3 is 0 Å². The van der Waals surface area contributed by atoms with Gasteiger partial charge in [0, 0.05) is 37.6 Å². The molecule has 2 aliphatic heterocycles. The van der Waals surface area contributed by atoms with E-state index in [1.54, 1.807) is 0 Å². The van der Waals surface area contributed by atoms with Crippen molar-refractivity contribution in [3.05, 3.63) is 0 Å². The monoisotopic (exact) mass is 510 g/mol. The zero-order valence-corrected chi connectivity index (χ0v) is 21.9. The number of rotatable bonds is 8. The molecule has 4 aliphatic rings. The second kappa shape index (κ2) is 11.4. The van der Waals surface area contributed by atoms with Gasteiger partial charge in [0.05, 0.1) is 16.8 Å². The van der Waals surface area contributed by atoms with E-state index in [2.05, 4.69) is 4.90 Å². The van der Waals surface area contributed by atoms with E-state index in [-0.39, 0.29) is 46.7 Å². The van der Waals surface area contributed by atoms with Gasteiger partial charge in [-0.15, -0.1) is 0 Å². The number of fused-ring (bicyclic) bond motifs is 1. The van der Waals surface area contributed by atoms with Crippen LogP contribution in [0.1, 0.15) is 70.6 Å². The Labute approximate surface area is 210 Å². The molecule has 4 fully saturated rings. The molecule has 35 heavy (non-hydrogen) atoms. The zero-order chi connectivity index (χ0) is 25.2. The molecule has 0 aromatic rings. The van der Waals surface area contributed by atoms with Gasteiger partial charge in [-0.1, -0.05) is 19.3 Å². The normalized spacial score (nSPS) is 33.5. The van der Waals surface area contributed by atoms with Crippen molar-refractivity contribution >= 4 is 21.6 Å². The van der Waals surface area contributed by atoms with Gasteiger partial charge in [-0.3, -0.25) is 15.1 Å². The number of nitrogens with zero attached hydrogens (tertiary/aromatic N) is 2. The Morgan fingerprint density at radius 1 is 1.00 bits per heavy atom. The van der Waals surface area contributed by atoms with Crippen molar-refractivity contribution in [2.24, 2.45) is 35.0 Å². The molecule has 7 N–H and O–H groups in total. The summed E-state index contributed by atoms with van der Waals surface area (Å²) in [5.41, 5.74) is 18.4. The van der Waals surface area contributed by atoms with Crippen LogP contribution >= 0.6 is 0 Å². The van der Waals surface area contributed by atoms with Gasteiger partial charge < -0.3 is 22.1 Å². The topological polar surface area (TPSA) is 160 Å². The van der Waals surface area contributed by atoms with Gasteiger partial charge in [0.15, 0.2) is 9.84 Å². The molecule has 2 saturated carbocycles. The van der Waals surface area contributed by atoms with Gasteiger partial charge in [-0.05, 0) is 69.7 Å². The van der Waals surface area contributed by atoms with E-state index in [9.17, 15) is 13.2 Å². The number of amidine groups is 1. The largest absolute Gasteiger partial charge is 0.387 e. The molecule has 2 saturated heterocycles. The van der Waals surface area contributed by atoms with E-state index in [1.807, 2.05) is 4.90 Å². The molecule has 10 heteroatoms. The average Bonchev–Trinajstić information content (AvgIpc) is 3.14. The molecule has 200 valence electrons. The first-order valence-electron chi connectivity index (χ1n) is 13.8. The van der Waals surface area contributed by atoms with E-state index in [1.165, 1.54) is 0 Å². The number of nitrogens with two attached hydrogens (primary N) is 3. The van der Waals surface area contributed by atoms with Crippen LogP contribution in [-0.4, -0.2) is 85.3 Å². The first kappa shape index (κ1) is 26.8. The lowest BCUT2D eigenvalue weighted by atomic mass is 9.76. The van der Waals surface area contributed by atoms with Crippen molar-refractivity contribution in [2.75, 3.05) is 31.9 Å². The molecule has 5 atom stereocenters. The summed E-state index contributed by atoms with van der Waals surface area (Å²) < 4.78 is 26.4. The Bertz CT molecular complexity index is 853. The van der Waals surface area contributed by atoms with E-state index in [0.717, 1.165) is 64.2 Å². The lowest BCUT2D eigenvalue weighted by molar-refractivity contribution is -0.138. The van der Waals surface area contributed by atoms with Crippen molar-refractivity contribution in [1.29, 1.82) is 5.41 Å². The van der Waals surface area contributed by atoms with Gasteiger partial charge in [0.1, 0.15) is 6.04 Å². The molecular weight excluding hydrogens is 464 g/mol. The molecule has 9 nitrogen and oxygen atoms in total. The number of carbonyl (C=O) groups excluding carboxylic acids is 1. The fraction of sp³-hybridized carbons (Fsp3) is 0.920. The number of sulfone groups is 1. The number of hydrogen-bond acceptors (Lipinski definition) is 7. The molecule has 0 spiro atoms. The summed E-state index contributed by atoms with van der Waals surface area (Å²) in [5, 5.41) is 7.73. The summed E-state index contributed by atoms with van der Waals surface area (Å²) in [5.74, 6) is 0.974. The molecule has 0 aromatic carbocycles. The Morgan fingerprint density at radius 2 is 1.69 bits per heavy atom. The van der Waals surface area contributed by atoms with Crippen LogP contribution in [0.25, 0.3) is 0 Å². The zero-order valence-electron chi connectivity index (χ0n) is 21.1. The van der Waals surface area contributed by atoms with Crippen molar-refractivity contribution in [3.8, 4) is 0 Å². The summed E-state index contributed by atoms with van der Waals surface area (Å²) >= 11 is 0. The smallest absolute Gasteiger partial charge is 0.241 e. The van der Waals surface area contributed by atoms with Crippen LogP contribution in [0.4, 0.5) is 0 Å². The molecule has 2 aliphatic carbocycles. The van der Waals surface area contributed by atoms with Crippen LogP contribution in [-0.2, 0) is 14.6 Å². The number of carbonyl (C=O) groups is 1. The minimum Gasteiger partial charge on any atom is -0.387 e. The van der Waals surface area contributed by atoms with E-state index in [4.69, 9.17) is 22.6 Å². The molecule has 1 amide bonds. The third kappa shape index (κ3) is 5.86. The molecular formula is C25H46N6O3S. The minimum absolute atomic E-state index is 0.00191. The van der Waals surface area contributed by atoms with Gasteiger partial charge in [-0.25, -0.2) is 8.42 Å². The summed E-state index contributed by atoms with van der Waals surface area (Å²) in [7, 11) is -3.23. The third-order valence-electron chi connectivity index (χ3n) is 9.40. The fourth-order valence-corrected chi connectivity index (χ4v) is 9.09. The highest BCUT2D eigenvalue weighted by atomic mass is 32.2. The summed E-state index contributed by atoms with van der Waals surface area (Å²) in [6.07, 6.45) is 9.79. The van der Waals surface area contributed by atoms with Gasteiger partial charge in [0.25, 0.3) is 0 Å². The Kier molecular flexibility index (Phi) is 8.77. The first-order chi connectivity index (χ1) is 16.7. The van der Waals surface area contributed by atoms with Crippen LogP contribution in [0.3, 0.4) is 0 Å². The maximum absolute atomic E-state index is 13.8. The highest BCUT2D eigenvalue weighted by Gasteiger charge is 2.53. The highest BCUT2D eigenvalue weighted by molar-refractivity contribution is 7.92. The average molecular weight is 511 g/mol. The maximum Gasteiger partial charge on any atom is 0.241 e. The maximum atomic E-state index is 13.8. The number of hydrogen-bond donors (Lipinski definition) is 4. The quantitative estimate of drug-likeness (QED) is 0.280. The van der Waals surface area contributed by atoms with Crippen molar-refractivity contribution in [3.63, 3.8) is 0 Å². The predicted molar refractivity (Wildman–Crippen MR) is 139 cm³/mol. The summed E-state index contributed by atoms with van der Waals surface area (Å²) in [6, 6.07) is -0.819. The summed E-state index contributed by atoms with van der Waals surface area (Å²) in [6.45, 7) is 2.44. The molecule has 0 bridgehead atoms. The molecule has 5 unspecified atom stereocenters. The predicted octanol–water partition coefficient (Wildman–Crippen LogP) is 1.05. The second-order valence-electron chi connectivity index (χ2n) is 11.4. The summed E-state index contributed by atoms with van der Waals surface area (Å²) in [4.78, 5) is 17.9.